The summed E-state index contributed by atoms with van der Waals surface area (Å²) in [6.07, 6.45) is 1.65. The van der Waals surface area contributed by atoms with Gasteiger partial charge < -0.3 is 24.3 Å². The summed E-state index contributed by atoms with van der Waals surface area (Å²) in [5.41, 5.74) is 4.50. The Morgan fingerprint density at radius 2 is 1.44 bits per heavy atom. The highest BCUT2D eigenvalue weighted by molar-refractivity contribution is 7.80. The van der Waals surface area contributed by atoms with E-state index in [1.54, 1.807) is 20.4 Å². The van der Waals surface area contributed by atoms with Crippen LogP contribution < -0.4 is 29.7 Å². The number of thiocarbonyl (C=S) groups is 1. The summed E-state index contributed by atoms with van der Waals surface area (Å²) in [7, 11) is 3.20. The number of nitrogens with one attached hydrogen (secondary N) is 2. The summed E-state index contributed by atoms with van der Waals surface area (Å²) >= 11 is 5.23. The van der Waals surface area contributed by atoms with Crippen molar-refractivity contribution in [1.29, 1.82) is 0 Å². The van der Waals surface area contributed by atoms with Gasteiger partial charge in [0.05, 0.1) is 20.4 Å². The van der Waals surface area contributed by atoms with Gasteiger partial charge in [-0.1, -0.05) is 30.3 Å². The molecule has 0 saturated heterocycles. The van der Waals surface area contributed by atoms with Crippen LogP contribution in [0.4, 0.5) is 5.69 Å². The summed E-state index contributed by atoms with van der Waals surface area (Å²) in [5.74, 6) is 2.56. The van der Waals surface area contributed by atoms with Gasteiger partial charge in [0.25, 0.3) is 0 Å². The first-order chi connectivity index (χ1) is 15.7. The van der Waals surface area contributed by atoms with E-state index in [0.717, 1.165) is 11.3 Å². The molecular weight excluding hydrogens is 426 g/mol. The van der Waals surface area contributed by atoms with E-state index in [-0.39, 0.29) is 0 Å². The molecule has 8 heteroatoms. The maximum absolute atomic E-state index is 5.81. The molecule has 3 aromatic rings. The molecule has 0 saturated carbocycles. The molecule has 3 aromatic carbocycles. The molecule has 0 aromatic heterocycles. The Morgan fingerprint density at radius 1 is 0.812 bits per heavy atom. The van der Waals surface area contributed by atoms with E-state index >= 15 is 0 Å². The summed E-state index contributed by atoms with van der Waals surface area (Å²) in [6.45, 7) is 0.714. The average molecular weight is 452 g/mol. The highest BCUT2D eigenvalue weighted by Gasteiger charge is 2.07. The van der Waals surface area contributed by atoms with Crippen molar-refractivity contribution in [1.82, 2.24) is 5.43 Å². The van der Waals surface area contributed by atoms with E-state index in [4.69, 9.17) is 31.2 Å². The third-order valence-corrected chi connectivity index (χ3v) is 4.46. The first-order valence-electron chi connectivity index (χ1n) is 9.91. The summed E-state index contributed by atoms with van der Waals surface area (Å²) in [5, 5.41) is 7.61. The molecule has 0 unspecified atom stereocenters. The fraction of sp³-hybridized carbons (Fsp3) is 0.167. The lowest BCUT2D eigenvalue weighted by Gasteiger charge is -2.13. The van der Waals surface area contributed by atoms with Crippen LogP contribution in [0.2, 0.25) is 0 Å². The topological polar surface area (TPSA) is 73.3 Å². The molecule has 7 nitrogen and oxygen atoms in total. The second kappa shape index (κ2) is 12.2. The summed E-state index contributed by atoms with van der Waals surface area (Å²) < 4.78 is 22.2. The Kier molecular flexibility index (Phi) is 8.70. The van der Waals surface area contributed by atoms with Gasteiger partial charge in [-0.2, -0.15) is 5.10 Å². The summed E-state index contributed by atoms with van der Waals surface area (Å²) in [6, 6.07) is 22.6. The predicted molar refractivity (Wildman–Crippen MR) is 130 cm³/mol. The van der Waals surface area contributed by atoms with E-state index in [1.807, 2.05) is 72.8 Å². The highest BCUT2D eigenvalue weighted by Crippen LogP contribution is 2.28. The van der Waals surface area contributed by atoms with Crippen molar-refractivity contribution in [3.8, 4) is 23.0 Å². The summed E-state index contributed by atoms with van der Waals surface area (Å²) in [4.78, 5) is 0. The Balaban J connectivity index is 1.49. The van der Waals surface area contributed by atoms with Gasteiger partial charge in [-0.15, -0.1) is 0 Å². The predicted octanol–water partition coefficient (Wildman–Crippen LogP) is 4.48. The van der Waals surface area contributed by atoms with Crippen LogP contribution in [0.15, 0.2) is 77.9 Å². The normalized spacial score (nSPS) is 10.4. The Morgan fingerprint density at radius 3 is 2.12 bits per heavy atom. The van der Waals surface area contributed by atoms with Crippen LogP contribution in [0.1, 0.15) is 5.56 Å². The zero-order chi connectivity index (χ0) is 22.6. The number of methoxy groups -OCH3 is 2. The van der Waals surface area contributed by atoms with Crippen molar-refractivity contribution in [3.63, 3.8) is 0 Å². The maximum atomic E-state index is 5.81. The molecule has 0 aliphatic heterocycles. The molecule has 32 heavy (non-hydrogen) atoms. The first-order valence-corrected chi connectivity index (χ1v) is 10.3. The van der Waals surface area contributed by atoms with E-state index in [9.17, 15) is 0 Å². The van der Waals surface area contributed by atoms with Crippen molar-refractivity contribution >= 4 is 29.2 Å². The molecule has 2 N–H and O–H groups in total. The number of anilines is 1. The molecule has 0 heterocycles. The molecule has 0 aliphatic carbocycles. The van der Waals surface area contributed by atoms with Crippen LogP contribution in [0.25, 0.3) is 0 Å². The number of hydrazone groups is 1. The van der Waals surface area contributed by atoms with Gasteiger partial charge in [0.2, 0.25) is 0 Å². The lowest BCUT2D eigenvalue weighted by atomic mass is 10.2. The van der Waals surface area contributed by atoms with Crippen molar-refractivity contribution in [3.05, 3.63) is 78.4 Å². The third-order valence-electron chi connectivity index (χ3n) is 4.27. The monoisotopic (exact) mass is 451 g/mol. The number of nitrogens with zero attached hydrogens (tertiary/aromatic N) is 1. The zero-order valence-corrected chi connectivity index (χ0v) is 18.7. The fourth-order valence-electron chi connectivity index (χ4n) is 2.77. The maximum Gasteiger partial charge on any atom is 0.191 e. The van der Waals surface area contributed by atoms with Gasteiger partial charge >= 0.3 is 0 Å². The van der Waals surface area contributed by atoms with Gasteiger partial charge in [-0.25, -0.2) is 0 Å². The molecular formula is C24H25N3O4S. The number of para-hydroxylation sites is 3. The minimum absolute atomic E-state index is 0.350. The van der Waals surface area contributed by atoms with Crippen LogP contribution in [-0.2, 0) is 0 Å². The molecule has 0 radical (unpaired) electrons. The van der Waals surface area contributed by atoms with Crippen LogP contribution in [0.5, 0.6) is 23.0 Å². The Hall–Kier alpha value is -3.78. The fourth-order valence-corrected chi connectivity index (χ4v) is 2.94. The number of rotatable bonds is 10. The molecule has 0 spiro atoms. The largest absolute Gasteiger partial charge is 0.493 e. The molecule has 0 atom stereocenters. The van der Waals surface area contributed by atoms with Crippen molar-refractivity contribution < 1.29 is 18.9 Å². The minimum atomic E-state index is 0.350. The molecule has 0 aliphatic rings. The van der Waals surface area contributed by atoms with Crippen molar-refractivity contribution in [2.75, 3.05) is 32.8 Å². The van der Waals surface area contributed by atoms with Crippen LogP contribution >= 0.6 is 12.2 Å². The SMILES string of the molecule is COc1ccccc1OCCOc1ccc(/C=N/NC(=S)Nc2ccccc2)cc1OC. The Labute approximate surface area is 193 Å². The van der Waals surface area contributed by atoms with Gasteiger partial charge in [-0.05, 0) is 60.2 Å². The van der Waals surface area contributed by atoms with E-state index in [1.165, 1.54) is 0 Å². The van der Waals surface area contributed by atoms with Gasteiger partial charge in [0.1, 0.15) is 13.2 Å². The first kappa shape index (κ1) is 22.9. The number of benzene rings is 3. The number of hydrogen-bond acceptors (Lipinski definition) is 6. The van der Waals surface area contributed by atoms with Crippen LogP contribution in [-0.4, -0.2) is 38.8 Å². The van der Waals surface area contributed by atoms with E-state index in [2.05, 4.69) is 15.8 Å². The van der Waals surface area contributed by atoms with Crippen LogP contribution in [0, 0.1) is 0 Å². The minimum Gasteiger partial charge on any atom is -0.493 e. The molecule has 0 bridgehead atoms. The van der Waals surface area contributed by atoms with E-state index in [0.29, 0.717) is 41.3 Å². The van der Waals surface area contributed by atoms with Crippen molar-refractivity contribution in [2.45, 2.75) is 0 Å². The second-order valence-electron chi connectivity index (χ2n) is 6.45. The standard InChI is InChI=1S/C24H25N3O4S/c1-28-20-10-6-7-11-21(20)30-14-15-31-22-13-12-18(16-23(22)29-2)17-25-27-24(32)26-19-8-4-3-5-9-19/h3-13,16-17H,14-15H2,1-2H3,(H2,26,27,32)/b25-17+. The van der Waals surface area contributed by atoms with Crippen LogP contribution in [0.3, 0.4) is 0 Å². The lowest BCUT2D eigenvalue weighted by Crippen LogP contribution is -2.23. The molecule has 166 valence electrons. The van der Waals surface area contributed by atoms with Gasteiger partial charge in [-0.3, -0.25) is 5.43 Å². The molecule has 3 rings (SSSR count). The van der Waals surface area contributed by atoms with Gasteiger partial charge in [0, 0.05) is 5.69 Å². The van der Waals surface area contributed by atoms with Gasteiger partial charge in [0.15, 0.2) is 28.1 Å². The Bertz CT molecular complexity index is 1040. The quantitative estimate of drug-likeness (QED) is 0.204. The smallest absolute Gasteiger partial charge is 0.191 e. The number of ether oxygens (including phenoxy) is 4. The highest BCUT2D eigenvalue weighted by atomic mass is 32.1. The van der Waals surface area contributed by atoms with E-state index < -0.39 is 0 Å². The molecule has 0 fully saturated rings. The van der Waals surface area contributed by atoms with Crippen molar-refractivity contribution in [2.24, 2.45) is 5.10 Å². The number of hydrogen-bond donors (Lipinski definition) is 2. The second-order valence-corrected chi connectivity index (χ2v) is 6.86. The third kappa shape index (κ3) is 6.88. The zero-order valence-electron chi connectivity index (χ0n) is 17.9. The molecule has 0 amide bonds. The lowest BCUT2D eigenvalue weighted by molar-refractivity contribution is 0.206. The average Bonchev–Trinajstić information content (AvgIpc) is 2.83.